The molecule has 1 aliphatic carbocycles. The van der Waals surface area contributed by atoms with E-state index < -0.39 is 0 Å². The Morgan fingerprint density at radius 2 is 2.14 bits per heavy atom. The Balaban J connectivity index is 2.39. The molecule has 0 amide bonds. The van der Waals surface area contributed by atoms with Crippen LogP contribution >= 0.6 is 0 Å². The highest BCUT2D eigenvalue weighted by atomic mass is 14.7. The minimum absolute atomic E-state index is 0.627. The van der Waals surface area contributed by atoms with E-state index in [2.05, 4.69) is 48.3 Å². The molecule has 0 aliphatic heterocycles. The fourth-order valence-corrected chi connectivity index (χ4v) is 2.26. The maximum atomic E-state index is 3.51. The summed E-state index contributed by atoms with van der Waals surface area (Å²) in [6.07, 6.45) is 5.67. The van der Waals surface area contributed by atoms with Gasteiger partial charge in [-0.2, -0.15) is 0 Å². The molecule has 2 aromatic rings. The van der Waals surface area contributed by atoms with Gasteiger partial charge in [0.05, 0.1) is 0 Å². The van der Waals surface area contributed by atoms with Crippen molar-refractivity contribution in [3.8, 4) is 0 Å². The fourth-order valence-electron chi connectivity index (χ4n) is 2.26. The average molecular weight is 183 g/mol. The first-order valence-electron chi connectivity index (χ1n) is 5.13. The zero-order chi connectivity index (χ0) is 9.54. The first-order chi connectivity index (χ1) is 6.86. The summed E-state index contributed by atoms with van der Waals surface area (Å²) < 4.78 is 0. The van der Waals surface area contributed by atoms with E-state index >= 15 is 0 Å². The second-order valence-corrected chi connectivity index (χ2v) is 4.04. The van der Waals surface area contributed by atoms with E-state index in [1.165, 1.54) is 22.2 Å². The lowest BCUT2D eigenvalue weighted by Gasteiger charge is -2.12. The number of H-pyrrole nitrogens is 1. The van der Waals surface area contributed by atoms with Crippen molar-refractivity contribution in [1.82, 2.24) is 4.98 Å². The molecule has 1 aliphatic rings. The van der Waals surface area contributed by atoms with Gasteiger partial charge in [0.25, 0.3) is 0 Å². The highest BCUT2D eigenvalue weighted by molar-refractivity contribution is 5.91. The van der Waals surface area contributed by atoms with Crippen LogP contribution in [0, 0.1) is 0 Å². The molecule has 0 saturated carbocycles. The van der Waals surface area contributed by atoms with Crippen molar-refractivity contribution in [3.05, 3.63) is 41.6 Å². The number of rotatable bonds is 0. The summed E-state index contributed by atoms with van der Waals surface area (Å²) in [7, 11) is 0. The Bertz CT molecular complexity index is 505. The van der Waals surface area contributed by atoms with Crippen LogP contribution in [0.25, 0.3) is 17.0 Å². The zero-order valence-corrected chi connectivity index (χ0v) is 8.25. The van der Waals surface area contributed by atoms with Crippen LogP contribution in [0.5, 0.6) is 0 Å². The van der Waals surface area contributed by atoms with E-state index in [0.29, 0.717) is 5.92 Å². The Labute approximate surface area is 83.5 Å². The van der Waals surface area contributed by atoms with Crippen LogP contribution < -0.4 is 0 Å². The first-order valence-corrected chi connectivity index (χ1v) is 5.13. The van der Waals surface area contributed by atoms with E-state index in [9.17, 15) is 0 Å². The third kappa shape index (κ3) is 0.955. The third-order valence-corrected chi connectivity index (χ3v) is 3.04. The first kappa shape index (κ1) is 7.86. The summed E-state index contributed by atoms with van der Waals surface area (Å²) in [4.78, 5) is 3.51. The summed E-state index contributed by atoms with van der Waals surface area (Å²) >= 11 is 0. The molecule has 1 nitrogen and oxygen atoms in total. The van der Waals surface area contributed by atoms with Crippen molar-refractivity contribution < 1.29 is 0 Å². The van der Waals surface area contributed by atoms with Gasteiger partial charge in [-0.25, -0.2) is 0 Å². The lowest BCUT2D eigenvalue weighted by Crippen LogP contribution is -1.97. The molecular formula is C13H13N. The number of aromatic nitrogens is 1. The van der Waals surface area contributed by atoms with Crippen molar-refractivity contribution in [1.29, 1.82) is 0 Å². The van der Waals surface area contributed by atoms with Crippen LogP contribution in [0.1, 0.15) is 30.5 Å². The molecule has 0 spiro atoms. The van der Waals surface area contributed by atoms with Gasteiger partial charge in [-0.3, -0.25) is 0 Å². The van der Waals surface area contributed by atoms with Crippen LogP contribution in [0.3, 0.4) is 0 Å². The van der Waals surface area contributed by atoms with Gasteiger partial charge < -0.3 is 4.98 Å². The van der Waals surface area contributed by atoms with E-state index in [4.69, 9.17) is 0 Å². The third-order valence-electron chi connectivity index (χ3n) is 3.04. The molecule has 14 heavy (non-hydrogen) atoms. The Kier molecular flexibility index (Phi) is 1.54. The molecule has 0 radical (unpaired) electrons. The maximum Gasteiger partial charge on any atom is 0.0462 e. The van der Waals surface area contributed by atoms with Gasteiger partial charge in [0.1, 0.15) is 0 Å². The number of fused-ring (bicyclic) bond motifs is 3. The summed E-state index contributed by atoms with van der Waals surface area (Å²) in [5.41, 5.74) is 4.05. The molecule has 0 fully saturated rings. The van der Waals surface area contributed by atoms with E-state index in [1.807, 2.05) is 0 Å². The lowest BCUT2D eigenvalue weighted by molar-refractivity contribution is 0.750. The van der Waals surface area contributed by atoms with Gasteiger partial charge in [-0.05, 0) is 12.5 Å². The number of hydrogen-bond acceptors (Lipinski definition) is 0. The SMILES string of the molecule is C[C@H]1CC=Cc2c1[nH]c1ccccc21. The highest BCUT2D eigenvalue weighted by Gasteiger charge is 2.16. The van der Waals surface area contributed by atoms with Crippen molar-refractivity contribution in [2.75, 3.05) is 0 Å². The second-order valence-electron chi connectivity index (χ2n) is 4.04. The molecule has 0 saturated heterocycles. The smallest absolute Gasteiger partial charge is 0.0462 e. The standard InChI is InChI=1S/C13H13N/c1-9-5-4-7-11-10-6-2-3-8-12(10)14-13(9)11/h2-4,6-9,14H,5H2,1H3/t9-/m0/s1. The summed E-state index contributed by atoms with van der Waals surface area (Å²) in [5.74, 6) is 0.627. The predicted octanol–water partition coefficient (Wildman–Crippen LogP) is 3.69. The van der Waals surface area contributed by atoms with Crippen LogP contribution in [-0.4, -0.2) is 4.98 Å². The molecule has 70 valence electrons. The van der Waals surface area contributed by atoms with Gasteiger partial charge >= 0.3 is 0 Å². The monoisotopic (exact) mass is 183 g/mol. The molecule has 1 N–H and O–H groups in total. The molecule has 1 aromatic carbocycles. The van der Waals surface area contributed by atoms with Gasteiger partial charge in [0.15, 0.2) is 0 Å². The summed E-state index contributed by atoms with van der Waals surface area (Å²) in [6.45, 7) is 2.28. The summed E-state index contributed by atoms with van der Waals surface area (Å²) in [6, 6.07) is 8.52. The molecule has 1 aromatic heterocycles. The normalized spacial score (nSPS) is 19.9. The zero-order valence-electron chi connectivity index (χ0n) is 8.25. The quantitative estimate of drug-likeness (QED) is 0.641. The van der Waals surface area contributed by atoms with Gasteiger partial charge in [0, 0.05) is 28.1 Å². The largest absolute Gasteiger partial charge is 0.358 e. The molecule has 1 heterocycles. The second kappa shape index (κ2) is 2.74. The minimum atomic E-state index is 0.627. The number of para-hydroxylation sites is 1. The predicted molar refractivity (Wildman–Crippen MR) is 60.4 cm³/mol. The fraction of sp³-hybridized carbons (Fsp3) is 0.231. The van der Waals surface area contributed by atoms with E-state index in [-0.39, 0.29) is 0 Å². The number of nitrogens with one attached hydrogen (secondary N) is 1. The van der Waals surface area contributed by atoms with E-state index in [0.717, 1.165) is 6.42 Å². The Morgan fingerprint density at radius 1 is 1.29 bits per heavy atom. The topological polar surface area (TPSA) is 15.8 Å². The van der Waals surface area contributed by atoms with Gasteiger partial charge in [0.2, 0.25) is 0 Å². The van der Waals surface area contributed by atoms with Crippen molar-refractivity contribution in [2.45, 2.75) is 19.3 Å². The van der Waals surface area contributed by atoms with Crippen LogP contribution in [0.2, 0.25) is 0 Å². The Morgan fingerprint density at radius 3 is 3.07 bits per heavy atom. The van der Waals surface area contributed by atoms with Crippen LogP contribution in [-0.2, 0) is 0 Å². The molecular weight excluding hydrogens is 170 g/mol. The lowest BCUT2D eigenvalue weighted by atomic mass is 9.94. The van der Waals surface area contributed by atoms with Gasteiger partial charge in [-0.1, -0.05) is 37.3 Å². The molecule has 1 heteroatoms. The number of aromatic amines is 1. The van der Waals surface area contributed by atoms with Crippen LogP contribution in [0.15, 0.2) is 30.3 Å². The van der Waals surface area contributed by atoms with Crippen LogP contribution in [0.4, 0.5) is 0 Å². The van der Waals surface area contributed by atoms with Crippen molar-refractivity contribution in [2.24, 2.45) is 0 Å². The number of hydrogen-bond donors (Lipinski definition) is 1. The van der Waals surface area contributed by atoms with E-state index in [1.54, 1.807) is 0 Å². The van der Waals surface area contributed by atoms with Crippen molar-refractivity contribution in [3.63, 3.8) is 0 Å². The van der Waals surface area contributed by atoms with Crippen molar-refractivity contribution >= 4 is 17.0 Å². The molecule has 1 atom stereocenters. The maximum absolute atomic E-state index is 3.51. The average Bonchev–Trinajstić information content (AvgIpc) is 2.59. The molecule has 3 rings (SSSR count). The molecule has 0 unspecified atom stereocenters. The molecule has 0 bridgehead atoms. The minimum Gasteiger partial charge on any atom is -0.358 e. The van der Waals surface area contributed by atoms with Gasteiger partial charge in [-0.15, -0.1) is 0 Å². The summed E-state index contributed by atoms with van der Waals surface area (Å²) in [5, 5.41) is 1.35. The number of allylic oxidation sites excluding steroid dienone is 1. The Hall–Kier alpha value is -1.50. The number of benzene rings is 1. The highest BCUT2D eigenvalue weighted by Crippen LogP contribution is 2.33.